The number of hydrogen-bond acceptors (Lipinski definition) is 3. The number of hydrogen-bond donors (Lipinski definition) is 1. The molecule has 0 fully saturated rings. The van der Waals surface area contributed by atoms with Crippen molar-refractivity contribution in [2.45, 2.75) is 25.8 Å². The van der Waals surface area contributed by atoms with Gasteiger partial charge in [0, 0.05) is 11.9 Å². The zero-order valence-electron chi connectivity index (χ0n) is 10.6. The van der Waals surface area contributed by atoms with E-state index in [0.29, 0.717) is 5.82 Å². The van der Waals surface area contributed by atoms with E-state index in [1.807, 2.05) is 35.1 Å². The quantitative estimate of drug-likeness (QED) is 0.722. The number of anilines is 1. The van der Waals surface area contributed by atoms with Crippen molar-refractivity contribution in [3.8, 4) is 5.69 Å². The largest absolute Gasteiger partial charge is 0.382 e. The maximum Gasteiger partial charge on any atom is 0.153 e. The third-order valence-electron chi connectivity index (χ3n) is 3.80. The van der Waals surface area contributed by atoms with Crippen molar-refractivity contribution in [2.24, 2.45) is 0 Å². The molecule has 0 atom stereocenters. The smallest absolute Gasteiger partial charge is 0.153 e. The fourth-order valence-corrected chi connectivity index (χ4v) is 2.86. The Bertz CT molecular complexity index is 752. The molecule has 2 N–H and O–H groups in total. The molecule has 5 heteroatoms. The van der Waals surface area contributed by atoms with Crippen molar-refractivity contribution >= 4 is 16.7 Å². The molecule has 0 spiro atoms. The summed E-state index contributed by atoms with van der Waals surface area (Å²) >= 11 is 0. The van der Waals surface area contributed by atoms with E-state index in [9.17, 15) is 0 Å². The van der Waals surface area contributed by atoms with Gasteiger partial charge in [-0.05, 0) is 31.4 Å². The molecule has 0 bridgehead atoms. The Balaban J connectivity index is 1.98. The summed E-state index contributed by atoms with van der Waals surface area (Å²) < 4.78 is 4.01. The van der Waals surface area contributed by atoms with E-state index < -0.39 is 0 Å². The number of aryl methyl sites for hydroxylation is 1. The summed E-state index contributed by atoms with van der Waals surface area (Å²) in [5.74, 6) is 0.575. The summed E-state index contributed by atoms with van der Waals surface area (Å²) in [7, 11) is 0. The molecule has 1 aliphatic rings. The maximum absolute atomic E-state index is 6.00. The molecule has 0 unspecified atom stereocenters. The summed E-state index contributed by atoms with van der Waals surface area (Å²) in [5, 5.41) is 9.94. The average Bonchev–Trinajstić information content (AvgIpc) is 3.01. The lowest BCUT2D eigenvalue weighted by Crippen LogP contribution is -2.13. The van der Waals surface area contributed by atoms with Gasteiger partial charge in [-0.25, -0.2) is 4.68 Å². The van der Waals surface area contributed by atoms with E-state index in [2.05, 4.69) is 14.9 Å². The van der Waals surface area contributed by atoms with Gasteiger partial charge in [0.05, 0.1) is 17.4 Å². The normalized spacial score (nSPS) is 14.7. The minimum Gasteiger partial charge on any atom is -0.382 e. The second kappa shape index (κ2) is 3.85. The Hall–Kier alpha value is -2.30. The molecule has 0 saturated heterocycles. The van der Waals surface area contributed by atoms with Gasteiger partial charge in [-0.15, -0.1) is 5.10 Å². The standard InChI is InChI=1S/C14H15N5/c15-14-10-5-1-2-6-11(10)19(17-14)13-9-16-18-8-4-3-7-12(13)18/h1-2,5-6,9H,3-4,7-8H2,(H2,15,17). The van der Waals surface area contributed by atoms with Crippen LogP contribution in [0.2, 0.25) is 0 Å². The first-order chi connectivity index (χ1) is 9.34. The monoisotopic (exact) mass is 253 g/mol. The van der Waals surface area contributed by atoms with E-state index in [1.165, 1.54) is 18.5 Å². The molecule has 96 valence electrons. The summed E-state index contributed by atoms with van der Waals surface area (Å²) in [6.45, 7) is 1.00. The first kappa shape index (κ1) is 10.6. The molecule has 3 heterocycles. The number of fused-ring (bicyclic) bond motifs is 2. The first-order valence-electron chi connectivity index (χ1n) is 6.63. The number of nitrogen functional groups attached to an aromatic ring is 1. The molecule has 2 aromatic heterocycles. The van der Waals surface area contributed by atoms with Gasteiger partial charge in [-0.2, -0.15) is 5.10 Å². The second-order valence-corrected chi connectivity index (χ2v) is 4.97. The highest BCUT2D eigenvalue weighted by Crippen LogP contribution is 2.27. The van der Waals surface area contributed by atoms with Gasteiger partial charge in [0.2, 0.25) is 0 Å². The fourth-order valence-electron chi connectivity index (χ4n) is 2.86. The average molecular weight is 253 g/mol. The fraction of sp³-hybridized carbons (Fsp3) is 0.286. The van der Waals surface area contributed by atoms with Gasteiger partial charge in [0.15, 0.2) is 5.82 Å². The highest BCUT2D eigenvalue weighted by molar-refractivity contribution is 5.90. The summed E-state index contributed by atoms with van der Waals surface area (Å²) in [5.41, 5.74) is 9.37. The van der Waals surface area contributed by atoms with Crippen LogP contribution in [0.25, 0.3) is 16.6 Å². The van der Waals surface area contributed by atoms with Crippen LogP contribution < -0.4 is 5.73 Å². The Morgan fingerprint density at radius 1 is 1.16 bits per heavy atom. The molecule has 0 saturated carbocycles. The third kappa shape index (κ3) is 1.47. The summed E-state index contributed by atoms with van der Waals surface area (Å²) in [6, 6.07) is 8.05. The van der Waals surface area contributed by atoms with E-state index in [4.69, 9.17) is 5.73 Å². The zero-order valence-corrected chi connectivity index (χ0v) is 10.6. The molecule has 0 amide bonds. The van der Waals surface area contributed by atoms with Gasteiger partial charge in [-0.3, -0.25) is 4.68 Å². The number of aromatic nitrogens is 4. The van der Waals surface area contributed by atoms with E-state index in [1.54, 1.807) is 0 Å². The highest BCUT2D eigenvalue weighted by atomic mass is 15.4. The molecule has 5 nitrogen and oxygen atoms in total. The first-order valence-corrected chi connectivity index (χ1v) is 6.63. The number of benzene rings is 1. The molecule has 3 aromatic rings. The van der Waals surface area contributed by atoms with Crippen LogP contribution in [0, 0.1) is 0 Å². The predicted molar refractivity (Wildman–Crippen MR) is 74.2 cm³/mol. The van der Waals surface area contributed by atoms with E-state index >= 15 is 0 Å². The van der Waals surface area contributed by atoms with Gasteiger partial charge in [0.1, 0.15) is 5.69 Å². The van der Waals surface area contributed by atoms with Crippen LogP contribution in [0.3, 0.4) is 0 Å². The Labute approximate surface area is 110 Å². The van der Waals surface area contributed by atoms with Crippen LogP contribution in [-0.2, 0) is 13.0 Å². The van der Waals surface area contributed by atoms with Crippen molar-refractivity contribution in [1.82, 2.24) is 19.6 Å². The molecular weight excluding hydrogens is 238 g/mol. The Morgan fingerprint density at radius 2 is 2.05 bits per heavy atom. The van der Waals surface area contributed by atoms with Crippen molar-refractivity contribution in [2.75, 3.05) is 5.73 Å². The number of nitrogens with two attached hydrogens (primary N) is 1. The molecule has 1 aliphatic heterocycles. The molecule has 0 aliphatic carbocycles. The van der Waals surface area contributed by atoms with Crippen LogP contribution in [0.4, 0.5) is 5.82 Å². The lowest BCUT2D eigenvalue weighted by molar-refractivity contribution is 0.485. The minimum atomic E-state index is 0.575. The minimum absolute atomic E-state index is 0.575. The topological polar surface area (TPSA) is 61.7 Å². The van der Waals surface area contributed by atoms with Crippen LogP contribution in [0.15, 0.2) is 30.5 Å². The molecule has 0 radical (unpaired) electrons. The van der Waals surface area contributed by atoms with Gasteiger partial charge in [0.25, 0.3) is 0 Å². The lowest BCUT2D eigenvalue weighted by Gasteiger charge is -2.14. The van der Waals surface area contributed by atoms with Gasteiger partial charge in [-0.1, -0.05) is 12.1 Å². The highest BCUT2D eigenvalue weighted by Gasteiger charge is 2.18. The van der Waals surface area contributed by atoms with Crippen LogP contribution >= 0.6 is 0 Å². The molecule has 4 rings (SSSR count). The van der Waals surface area contributed by atoms with Crippen LogP contribution in [0.5, 0.6) is 0 Å². The van der Waals surface area contributed by atoms with Gasteiger partial charge < -0.3 is 5.73 Å². The van der Waals surface area contributed by atoms with Crippen LogP contribution in [-0.4, -0.2) is 19.6 Å². The summed E-state index contributed by atoms with van der Waals surface area (Å²) in [4.78, 5) is 0. The van der Waals surface area contributed by atoms with Crippen molar-refractivity contribution in [3.05, 3.63) is 36.2 Å². The Kier molecular flexibility index (Phi) is 2.15. The molecular formula is C14H15N5. The number of nitrogens with zero attached hydrogens (tertiary/aromatic N) is 4. The molecule has 19 heavy (non-hydrogen) atoms. The second-order valence-electron chi connectivity index (χ2n) is 4.97. The van der Waals surface area contributed by atoms with Crippen molar-refractivity contribution < 1.29 is 0 Å². The van der Waals surface area contributed by atoms with E-state index in [0.717, 1.165) is 29.6 Å². The third-order valence-corrected chi connectivity index (χ3v) is 3.80. The van der Waals surface area contributed by atoms with E-state index in [-0.39, 0.29) is 0 Å². The van der Waals surface area contributed by atoms with Gasteiger partial charge >= 0.3 is 0 Å². The van der Waals surface area contributed by atoms with Crippen LogP contribution in [0.1, 0.15) is 18.5 Å². The predicted octanol–water partition coefficient (Wildman–Crippen LogP) is 2.14. The van der Waals surface area contributed by atoms with Crippen molar-refractivity contribution in [3.63, 3.8) is 0 Å². The lowest BCUT2D eigenvalue weighted by atomic mass is 10.1. The summed E-state index contributed by atoms with van der Waals surface area (Å²) in [6.07, 6.45) is 5.38. The number of para-hydroxylation sites is 1. The SMILES string of the molecule is Nc1nn(-c2cnn3c2CCCC3)c2ccccc12. The Morgan fingerprint density at radius 3 is 3.00 bits per heavy atom. The molecule has 1 aromatic carbocycles. The zero-order chi connectivity index (χ0) is 12.8. The number of rotatable bonds is 1. The maximum atomic E-state index is 6.00. The van der Waals surface area contributed by atoms with Crippen molar-refractivity contribution in [1.29, 1.82) is 0 Å².